The monoisotopic (exact) mass is 208 g/mol. The van der Waals surface area contributed by atoms with E-state index in [0.29, 0.717) is 13.1 Å². The minimum Gasteiger partial charge on any atom is -0.349 e. The number of nitrogens with one attached hydrogen (secondary N) is 2. The molecule has 0 spiro atoms. The van der Waals surface area contributed by atoms with E-state index in [9.17, 15) is 4.79 Å². The molecule has 82 valence electrons. The van der Waals surface area contributed by atoms with Gasteiger partial charge in [-0.25, -0.2) is 0 Å². The molecule has 0 aliphatic carbocycles. The van der Waals surface area contributed by atoms with Gasteiger partial charge in [-0.05, 0) is 25.1 Å². The van der Waals surface area contributed by atoms with Gasteiger partial charge in [0.25, 0.3) is 0 Å². The average Bonchev–Trinajstić information content (AvgIpc) is 2.28. The number of rotatable bonds is 6. The predicted octanol–water partition coefficient (Wildman–Crippen LogP) is 0.0924. The Bertz CT molecular complexity index is 289. The number of hydrogen-bond acceptors (Lipinski definition) is 4. The van der Waals surface area contributed by atoms with Gasteiger partial charge in [-0.15, -0.1) is 0 Å². The fourth-order valence-electron chi connectivity index (χ4n) is 1.06. The van der Waals surface area contributed by atoms with Crippen molar-refractivity contribution in [3.05, 3.63) is 24.0 Å². The third kappa shape index (κ3) is 5.07. The van der Waals surface area contributed by atoms with Crippen LogP contribution in [0.3, 0.4) is 0 Å². The molecule has 5 heteroatoms. The third-order valence-electron chi connectivity index (χ3n) is 1.81. The maximum atomic E-state index is 11.3. The molecular weight excluding hydrogens is 192 g/mol. The second kappa shape index (κ2) is 6.89. The molecule has 0 radical (unpaired) electrons. The quantitative estimate of drug-likeness (QED) is 0.650. The van der Waals surface area contributed by atoms with Gasteiger partial charge in [0.1, 0.15) is 0 Å². The lowest BCUT2D eigenvalue weighted by molar-refractivity contribution is -0.120. The predicted molar refractivity (Wildman–Crippen MR) is 57.0 cm³/mol. The van der Waals surface area contributed by atoms with Crippen LogP contribution in [-0.4, -0.2) is 29.2 Å². The van der Waals surface area contributed by atoms with Gasteiger partial charge in [-0.2, -0.15) is 10.2 Å². The normalized spacial score (nSPS) is 9.93. The number of amides is 1. The largest absolute Gasteiger partial charge is 0.349 e. The lowest BCUT2D eigenvalue weighted by Gasteiger charge is -2.04. The van der Waals surface area contributed by atoms with Gasteiger partial charge >= 0.3 is 0 Å². The fourth-order valence-corrected chi connectivity index (χ4v) is 1.06. The first-order chi connectivity index (χ1) is 7.33. The molecule has 15 heavy (non-hydrogen) atoms. The van der Waals surface area contributed by atoms with Crippen molar-refractivity contribution in [2.45, 2.75) is 19.9 Å². The van der Waals surface area contributed by atoms with E-state index in [1.807, 2.05) is 6.07 Å². The summed E-state index contributed by atoms with van der Waals surface area (Å²) in [5.74, 6) is -0.0193. The van der Waals surface area contributed by atoms with Gasteiger partial charge in [-0.3, -0.25) is 4.79 Å². The van der Waals surface area contributed by atoms with Crippen LogP contribution in [-0.2, 0) is 11.3 Å². The van der Waals surface area contributed by atoms with Gasteiger partial charge in [0.2, 0.25) is 5.91 Å². The summed E-state index contributed by atoms with van der Waals surface area (Å²) in [6.07, 6.45) is 2.63. The van der Waals surface area contributed by atoms with Crippen molar-refractivity contribution >= 4 is 5.91 Å². The van der Waals surface area contributed by atoms with E-state index in [1.54, 1.807) is 12.3 Å². The van der Waals surface area contributed by atoms with Crippen LogP contribution < -0.4 is 10.6 Å². The molecule has 1 amide bonds. The smallest absolute Gasteiger partial charge is 0.234 e. The van der Waals surface area contributed by atoms with Gasteiger partial charge < -0.3 is 10.6 Å². The van der Waals surface area contributed by atoms with E-state index in [2.05, 4.69) is 27.8 Å². The van der Waals surface area contributed by atoms with Gasteiger partial charge in [0.15, 0.2) is 0 Å². The molecule has 0 aliphatic rings. The van der Waals surface area contributed by atoms with E-state index >= 15 is 0 Å². The molecule has 0 bridgehead atoms. The van der Waals surface area contributed by atoms with Crippen molar-refractivity contribution < 1.29 is 4.79 Å². The van der Waals surface area contributed by atoms with Crippen molar-refractivity contribution in [1.82, 2.24) is 20.8 Å². The van der Waals surface area contributed by atoms with E-state index < -0.39 is 0 Å². The summed E-state index contributed by atoms with van der Waals surface area (Å²) in [5, 5.41) is 13.4. The summed E-state index contributed by atoms with van der Waals surface area (Å²) in [5.41, 5.74) is 0.765. The number of aromatic nitrogens is 2. The minimum atomic E-state index is -0.0193. The summed E-state index contributed by atoms with van der Waals surface area (Å²) in [4.78, 5) is 11.3. The highest BCUT2D eigenvalue weighted by atomic mass is 16.1. The molecule has 0 saturated heterocycles. The second-order valence-corrected chi connectivity index (χ2v) is 3.17. The highest BCUT2D eigenvalue weighted by Gasteiger charge is 2.00. The molecule has 0 saturated carbocycles. The van der Waals surface area contributed by atoms with Crippen LogP contribution in [0.15, 0.2) is 18.3 Å². The average molecular weight is 208 g/mol. The Morgan fingerprint density at radius 3 is 3.07 bits per heavy atom. The molecule has 0 aromatic carbocycles. The van der Waals surface area contributed by atoms with Crippen LogP contribution in [0.5, 0.6) is 0 Å². The van der Waals surface area contributed by atoms with Crippen LogP contribution in [0.1, 0.15) is 19.0 Å². The number of carbonyl (C=O) groups excluding carboxylic acids is 1. The standard InChI is InChI=1S/C10H16N4O/c1-2-5-11-8-10(15)12-7-9-4-3-6-13-14-9/h3-4,6,11H,2,5,7-8H2,1H3,(H,12,15). The summed E-state index contributed by atoms with van der Waals surface area (Å²) >= 11 is 0. The van der Waals surface area contributed by atoms with Crippen LogP contribution >= 0.6 is 0 Å². The first-order valence-electron chi connectivity index (χ1n) is 5.07. The Kier molecular flexibility index (Phi) is 5.32. The summed E-state index contributed by atoms with van der Waals surface area (Å²) in [7, 11) is 0. The van der Waals surface area contributed by atoms with E-state index in [4.69, 9.17) is 0 Å². The molecule has 0 aliphatic heterocycles. The topological polar surface area (TPSA) is 66.9 Å². The Hall–Kier alpha value is -1.49. The fraction of sp³-hybridized carbons (Fsp3) is 0.500. The van der Waals surface area contributed by atoms with Gasteiger partial charge in [0.05, 0.1) is 18.8 Å². The van der Waals surface area contributed by atoms with E-state index in [0.717, 1.165) is 18.7 Å². The molecule has 1 aromatic heterocycles. The molecule has 1 rings (SSSR count). The van der Waals surface area contributed by atoms with Crippen molar-refractivity contribution in [2.75, 3.05) is 13.1 Å². The van der Waals surface area contributed by atoms with Crippen LogP contribution in [0, 0.1) is 0 Å². The summed E-state index contributed by atoms with van der Waals surface area (Å²) in [6, 6.07) is 3.62. The number of carbonyl (C=O) groups is 1. The lowest BCUT2D eigenvalue weighted by atomic mass is 10.4. The molecular formula is C10H16N4O. The zero-order valence-corrected chi connectivity index (χ0v) is 8.86. The van der Waals surface area contributed by atoms with E-state index in [-0.39, 0.29) is 5.91 Å². The maximum Gasteiger partial charge on any atom is 0.234 e. The van der Waals surface area contributed by atoms with Crippen molar-refractivity contribution in [2.24, 2.45) is 0 Å². The highest BCUT2D eigenvalue weighted by Crippen LogP contribution is 1.88. The van der Waals surface area contributed by atoms with Gasteiger partial charge in [-0.1, -0.05) is 6.92 Å². The molecule has 0 atom stereocenters. The Morgan fingerprint density at radius 2 is 2.40 bits per heavy atom. The summed E-state index contributed by atoms with van der Waals surface area (Å²) in [6.45, 7) is 3.71. The molecule has 0 unspecified atom stereocenters. The van der Waals surface area contributed by atoms with Crippen molar-refractivity contribution in [1.29, 1.82) is 0 Å². The molecule has 5 nitrogen and oxygen atoms in total. The Labute approximate surface area is 89.3 Å². The van der Waals surface area contributed by atoms with Crippen molar-refractivity contribution in [3.8, 4) is 0 Å². The van der Waals surface area contributed by atoms with Crippen LogP contribution in [0.25, 0.3) is 0 Å². The number of hydrogen-bond donors (Lipinski definition) is 2. The molecule has 1 heterocycles. The van der Waals surface area contributed by atoms with Crippen LogP contribution in [0.2, 0.25) is 0 Å². The first-order valence-corrected chi connectivity index (χ1v) is 5.07. The maximum absolute atomic E-state index is 11.3. The Balaban J connectivity index is 2.17. The molecule has 0 fully saturated rings. The third-order valence-corrected chi connectivity index (χ3v) is 1.81. The van der Waals surface area contributed by atoms with Crippen LogP contribution in [0.4, 0.5) is 0 Å². The summed E-state index contributed by atoms with van der Waals surface area (Å²) < 4.78 is 0. The SMILES string of the molecule is CCCNCC(=O)NCc1cccnn1. The zero-order chi connectivity index (χ0) is 10.9. The lowest BCUT2D eigenvalue weighted by Crippen LogP contribution is -2.33. The minimum absolute atomic E-state index is 0.0193. The first kappa shape index (κ1) is 11.6. The second-order valence-electron chi connectivity index (χ2n) is 3.17. The zero-order valence-electron chi connectivity index (χ0n) is 8.86. The number of nitrogens with zero attached hydrogens (tertiary/aromatic N) is 2. The molecule has 2 N–H and O–H groups in total. The Morgan fingerprint density at radius 1 is 1.53 bits per heavy atom. The van der Waals surface area contributed by atoms with E-state index in [1.165, 1.54) is 0 Å². The van der Waals surface area contributed by atoms with Gasteiger partial charge in [0, 0.05) is 6.20 Å². The highest BCUT2D eigenvalue weighted by molar-refractivity contribution is 5.77. The molecule has 1 aromatic rings. The van der Waals surface area contributed by atoms with Crippen molar-refractivity contribution in [3.63, 3.8) is 0 Å².